The van der Waals surface area contributed by atoms with Gasteiger partial charge in [0.05, 0.1) is 29.0 Å². The second kappa shape index (κ2) is 13.1. The molecule has 2 atom stereocenters. The highest BCUT2D eigenvalue weighted by atomic mass is 16.5. The quantitative estimate of drug-likeness (QED) is 0.171. The van der Waals surface area contributed by atoms with Gasteiger partial charge in [0.15, 0.2) is 6.23 Å². The molecular formula is C47H42N4O. The lowest BCUT2D eigenvalue weighted by atomic mass is 9.93. The summed E-state index contributed by atoms with van der Waals surface area (Å²) in [6.07, 6.45) is 11.3. The largest absolute Gasteiger partial charge is 0.476 e. The van der Waals surface area contributed by atoms with Crippen molar-refractivity contribution in [3.05, 3.63) is 160 Å². The van der Waals surface area contributed by atoms with Gasteiger partial charge >= 0.3 is 0 Å². The maximum absolute atomic E-state index is 9.49. The Bertz CT molecular complexity index is 2510. The summed E-state index contributed by atoms with van der Waals surface area (Å²) in [5.41, 5.74) is 14.4. The van der Waals surface area contributed by atoms with Gasteiger partial charge in [-0.3, -0.25) is 4.90 Å². The van der Waals surface area contributed by atoms with Crippen LogP contribution in [0.1, 0.15) is 60.2 Å². The molecule has 256 valence electrons. The second-order valence-electron chi connectivity index (χ2n) is 14.8. The van der Waals surface area contributed by atoms with Crippen LogP contribution in [-0.2, 0) is 17.6 Å². The second-order valence-corrected chi connectivity index (χ2v) is 14.8. The molecule has 1 aliphatic heterocycles. The number of nitrogens with one attached hydrogen (secondary N) is 1. The molecule has 2 unspecified atom stereocenters. The van der Waals surface area contributed by atoms with E-state index in [1.807, 2.05) is 18.2 Å². The lowest BCUT2D eigenvalue weighted by Gasteiger charge is -2.31. The van der Waals surface area contributed by atoms with E-state index in [2.05, 4.69) is 145 Å². The van der Waals surface area contributed by atoms with Crippen molar-refractivity contribution in [2.45, 2.75) is 51.3 Å². The molecule has 0 spiro atoms. The number of anilines is 1. The van der Waals surface area contributed by atoms with Crippen LogP contribution in [0, 0.1) is 11.3 Å². The molecule has 0 bridgehead atoms. The molecule has 0 amide bonds. The molecule has 0 fully saturated rings. The highest BCUT2D eigenvalue weighted by Gasteiger charge is 2.29. The van der Waals surface area contributed by atoms with E-state index < -0.39 is 0 Å². The highest BCUT2D eigenvalue weighted by molar-refractivity contribution is 5.95. The summed E-state index contributed by atoms with van der Waals surface area (Å²) < 4.78 is 9.21. The Balaban J connectivity index is 1.13. The van der Waals surface area contributed by atoms with Crippen molar-refractivity contribution >= 4 is 33.4 Å². The first-order chi connectivity index (χ1) is 25.4. The third-order valence-corrected chi connectivity index (χ3v) is 11.1. The number of nitriles is 1. The SMILES string of the molecule is CC1=CC=C(OC(C2=Cc3c(n(-c4ccc(-c5ccc6ccccc6c5)cc4)c4ccc(C5Cc6cc(C#N)ccc6N5)cc34)CC2)N(C)C)CC1. The zero-order valence-electron chi connectivity index (χ0n) is 30.0. The van der Waals surface area contributed by atoms with E-state index in [0.717, 1.165) is 43.6 Å². The van der Waals surface area contributed by atoms with E-state index in [1.165, 1.54) is 72.0 Å². The van der Waals surface area contributed by atoms with Crippen molar-refractivity contribution < 1.29 is 4.74 Å². The zero-order valence-corrected chi connectivity index (χ0v) is 30.0. The van der Waals surface area contributed by atoms with Crippen LogP contribution >= 0.6 is 0 Å². The molecule has 5 aromatic carbocycles. The smallest absolute Gasteiger partial charge is 0.174 e. The number of nitrogens with zero attached hydrogens (tertiary/aromatic N) is 3. The number of allylic oxidation sites excluding steroid dienone is 4. The van der Waals surface area contributed by atoms with Gasteiger partial charge in [-0.25, -0.2) is 0 Å². The van der Waals surface area contributed by atoms with Crippen molar-refractivity contribution in [3.63, 3.8) is 0 Å². The van der Waals surface area contributed by atoms with Crippen molar-refractivity contribution in [1.82, 2.24) is 9.47 Å². The van der Waals surface area contributed by atoms with Gasteiger partial charge in [0.25, 0.3) is 0 Å². The zero-order chi connectivity index (χ0) is 35.3. The third-order valence-electron chi connectivity index (χ3n) is 11.1. The standard InChI is InChI=1S/C47H42N4O/c1-30-8-19-40(20-9-30)52-47(50(2)3)37-16-23-46-42(27-37)41-26-36(44-28-38-24-31(29-48)10-21-43(38)49-44)15-22-45(41)51(46)39-17-13-33(14-18-39)35-12-11-32-6-4-5-7-34(32)25-35/h4-8,10-15,17-19,21-22,24-27,44,47,49H,9,16,20,23,28H2,1-3H3. The van der Waals surface area contributed by atoms with E-state index in [4.69, 9.17) is 4.74 Å². The van der Waals surface area contributed by atoms with Crippen molar-refractivity contribution in [2.24, 2.45) is 0 Å². The minimum atomic E-state index is -0.130. The number of benzene rings is 5. The van der Waals surface area contributed by atoms with Gasteiger partial charge in [0.1, 0.15) is 0 Å². The molecule has 5 nitrogen and oxygen atoms in total. The Labute approximate surface area is 305 Å². The maximum atomic E-state index is 9.49. The Morgan fingerprint density at radius 2 is 1.65 bits per heavy atom. The summed E-state index contributed by atoms with van der Waals surface area (Å²) in [5, 5.41) is 17.0. The van der Waals surface area contributed by atoms with Gasteiger partial charge in [-0.05, 0) is 146 Å². The summed E-state index contributed by atoms with van der Waals surface area (Å²) in [4.78, 5) is 2.20. The highest BCUT2D eigenvalue weighted by Crippen LogP contribution is 2.41. The van der Waals surface area contributed by atoms with Crippen LogP contribution in [0.2, 0.25) is 0 Å². The summed E-state index contributed by atoms with van der Waals surface area (Å²) >= 11 is 0. The number of fused-ring (bicyclic) bond motifs is 5. The first kappa shape index (κ1) is 32.1. The Morgan fingerprint density at radius 3 is 2.44 bits per heavy atom. The van der Waals surface area contributed by atoms with E-state index in [1.54, 1.807) is 0 Å². The van der Waals surface area contributed by atoms with Gasteiger partial charge < -0.3 is 14.6 Å². The van der Waals surface area contributed by atoms with Gasteiger partial charge in [-0.2, -0.15) is 5.26 Å². The summed E-state index contributed by atoms with van der Waals surface area (Å²) in [6.45, 7) is 2.19. The lowest BCUT2D eigenvalue weighted by molar-refractivity contribution is 0.0291. The molecule has 9 rings (SSSR count). The molecule has 2 heterocycles. The number of hydrogen-bond acceptors (Lipinski definition) is 4. The Morgan fingerprint density at radius 1 is 0.827 bits per heavy atom. The van der Waals surface area contributed by atoms with Crippen molar-refractivity contribution in [3.8, 4) is 22.9 Å². The van der Waals surface area contributed by atoms with Crippen LogP contribution in [0.4, 0.5) is 5.69 Å². The fraction of sp³-hybridized carbons (Fsp3) is 0.213. The Hall–Kier alpha value is -5.83. The molecule has 0 saturated heterocycles. The van der Waals surface area contributed by atoms with Crippen LogP contribution < -0.4 is 5.32 Å². The predicted molar refractivity (Wildman–Crippen MR) is 213 cm³/mol. The number of likely N-dealkylation sites (N-methyl/N-ethyl adjacent to an activating group) is 1. The summed E-state index contributed by atoms with van der Waals surface area (Å²) in [5.74, 6) is 1.05. The van der Waals surface area contributed by atoms with Crippen LogP contribution in [-0.4, -0.2) is 29.8 Å². The lowest BCUT2D eigenvalue weighted by Crippen LogP contribution is -2.33. The number of hydrogen-bond donors (Lipinski definition) is 1. The number of ether oxygens (including phenoxy) is 1. The monoisotopic (exact) mass is 678 g/mol. The van der Waals surface area contributed by atoms with Gasteiger partial charge in [-0.15, -0.1) is 0 Å². The fourth-order valence-corrected chi connectivity index (χ4v) is 8.30. The molecule has 52 heavy (non-hydrogen) atoms. The number of rotatable bonds is 7. The minimum Gasteiger partial charge on any atom is -0.476 e. The van der Waals surface area contributed by atoms with Crippen LogP contribution in [0.5, 0.6) is 0 Å². The number of aromatic nitrogens is 1. The normalized spacial score (nSPS) is 17.1. The molecule has 5 heteroatoms. The van der Waals surface area contributed by atoms with Crippen LogP contribution in [0.15, 0.2) is 132 Å². The van der Waals surface area contributed by atoms with Crippen molar-refractivity contribution in [1.29, 1.82) is 5.26 Å². The minimum absolute atomic E-state index is 0.130. The third kappa shape index (κ3) is 5.80. The summed E-state index contributed by atoms with van der Waals surface area (Å²) in [6, 6.07) is 39.7. The molecule has 1 aromatic heterocycles. The van der Waals surface area contributed by atoms with E-state index in [9.17, 15) is 5.26 Å². The molecule has 0 radical (unpaired) electrons. The fourth-order valence-electron chi connectivity index (χ4n) is 8.30. The van der Waals surface area contributed by atoms with Gasteiger partial charge in [0.2, 0.25) is 0 Å². The van der Waals surface area contributed by atoms with Crippen LogP contribution in [0.25, 0.3) is 44.6 Å². The first-order valence-electron chi connectivity index (χ1n) is 18.4. The summed E-state index contributed by atoms with van der Waals surface area (Å²) in [7, 11) is 4.23. The van der Waals surface area contributed by atoms with E-state index in [0.29, 0.717) is 5.56 Å². The average molecular weight is 679 g/mol. The van der Waals surface area contributed by atoms with E-state index >= 15 is 0 Å². The molecular weight excluding hydrogens is 637 g/mol. The maximum Gasteiger partial charge on any atom is 0.174 e. The molecule has 1 N–H and O–H groups in total. The van der Waals surface area contributed by atoms with Gasteiger partial charge in [0, 0.05) is 34.4 Å². The predicted octanol–water partition coefficient (Wildman–Crippen LogP) is 10.9. The molecule has 2 aliphatic carbocycles. The Kier molecular flexibility index (Phi) is 8.06. The van der Waals surface area contributed by atoms with Gasteiger partial charge in [-0.1, -0.05) is 66.2 Å². The molecule has 6 aromatic rings. The first-order valence-corrected chi connectivity index (χ1v) is 18.4. The molecule has 0 saturated carbocycles. The van der Waals surface area contributed by atoms with Crippen molar-refractivity contribution in [2.75, 3.05) is 19.4 Å². The van der Waals surface area contributed by atoms with E-state index in [-0.39, 0.29) is 12.3 Å². The topological polar surface area (TPSA) is 53.2 Å². The van der Waals surface area contributed by atoms with Crippen LogP contribution in [0.3, 0.4) is 0 Å². The average Bonchev–Trinajstić information content (AvgIpc) is 3.75. The molecule has 3 aliphatic rings.